The zero-order chi connectivity index (χ0) is 17.6. The van der Waals surface area contributed by atoms with Crippen molar-refractivity contribution < 1.29 is 9.53 Å². The summed E-state index contributed by atoms with van der Waals surface area (Å²) in [5.74, 6) is 0.943. The Kier molecular flexibility index (Phi) is 5.75. The normalized spacial score (nSPS) is 14.0. The summed E-state index contributed by atoms with van der Waals surface area (Å²) in [5.41, 5.74) is 5.33. The van der Waals surface area contributed by atoms with Crippen molar-refractivity contribution in [3.63, 3.8) is 0 Å². The van der Waals surface area contributed by atoms with Crippen molar-refractivity contribution in [2.24, 2.45) is 0 Å². The highest BCUT2D eigenvalue weighted by Crippen LogP contribution is 2.25. The zero-order valence-corrected chi connectivity index (χ0v) is 15.2. The van der Waals surface area contributed by atoms with Crippen LogP contribution in [0.5, 0.6) is 5.75 Å². The molecule has 1 atom stereocenters. The van der Waals surface area contributed by atoms with Crippen LogP contribution in [0.25, 0.3) is 0 Å². The van der Waals surface area contributed by atoms with Gasteiger partial charge in [0.05, 0.1) is 12.6 Å². The fourth-order valence-electron chi connectivity index (χ4n) is 3.32. The second-order valence-electron chi connectivity index (χ2n) is 6.94. The van der Waals surface area contributed by atoms with Crippen LogP contribution in [0.3, 0.4) is 0 Å². The van der Waals surface area contributed by atoms with E-state index in [0.717, 1.165) is 12.2 Å². The minimum absolute atomic E-state index is 0.0522. The first-order valence-corrected chi connectivity index (χ1v) is 9.22. The number of carbonyl (C=O) groups is 1. The van der Waals surface area contributed by atoms with E-state index in [9.17, 15) is 4.79 Å². The standard InChI is InChI=1S/C22H27NO2/c1-16-8-12-21(13-9-16)25-14-4-7-22(24)23-17(2)19-11-10-18-5-3-6-20(18)15-19/h8-13,15,17H,3-7,14H2,1-2H3,(H,23,24)/t17-/m0/s1. The van der Waals surface area contributed by atoms with Crippen molar-refractivity contribution in [2.45, 2.75) is 52.0 Å². The van der Waals surface area contributed by atoms with Gasteiger partial charge in [0.15, 0.2) is 0 Å². The molecule has 0 saturated carbocycles. The molecule has 3 heteroatoms. The van der Waals surface area contributed by atoms with E-state index in [1.54, 1.807) is 0 Å². The van der Waals surface area contributed by atoms with E-state index in [-0.39, 0.29) is 11.9 Å². The maximum Gasteiger partial charge on any atom is 0.220 e. The van der Waals surface area contributed by atoms with Crippen LogP contribution in [0.15, 0.2) is 42.5 Å². The molecule has 2 aromatic rings. The van der Waals surface area contributed by atoms with E-state index < -0.39 is 0 Å². The van der Waals surface area contributed by atoms with Crippen LogP contribution in [0.1, 0.15) is 54.5 Å². The maximum atomic E-state index is 12.1. The minimum atomic E-state index is 0.0522. The SMILES string of the molecule is Cc1ccc(OCCCC(=O)N[C@@H](C)c2ccc3c(c2)CCC3)cc1. The van der Waals surface area contributed by atoms with Crippen molar-refractivity contribution in [3.05, 3.63) is 64.7 Å². The lowest BCUT2D eigenvalue weighted by Crippen LogP contribution is -2.26. The summed E-state index contributed by atoms with van der Waals surface area (Å²) >= 11 is 0. The molecule has 3 rings (SSSR count). The molecule has 0 bridgehead atoms. The number of hydrogen-bond donors (Lipinski definition) is 1. The summed E-state index contributed by atoms with van der Waals surface area (Å²) in [4.78, 5) is 12.1. The highest BCUT2D eigenvalue weighted by atomic mass is 16.5. The number of aryl methyl sites for hydroxylation is 3. The molecule has 2 aromatic carbocycles. The van der Waals surface area contributed by atoms with E-state index in [1.807, 2.05) is 24.3 Å². The van der Waals surface area contributed by atoms with Crippen LogP contribution in [0, 0.1) is 6.92 Å². The largest absolute Gasteiger partial charge is 0.494 e. The fraction of sp³-hybridized carbons (Fsp3) is 0.409. The Morgan fingerprint density at radius 3 is 2.68 bits per heavy atom. The highest BCUT2D eigenvalue weighted by Gasteiger charge is 2.14. The van der Waals surface area contributed by atoms with Crippen molar-refractivity contribution in [3.8, 4) is 5.75 Å². The molecule has 0 heterocycles. The minimum Gasteiger partial charge on any atom is -0.494 e. The van der Waals surface area contributed by atoms with Crippen molar-refractivity contribution in [1.82, 2.24) is 5.32 Å². The lowest BCUT2D eigenvalue weighted by molar-refractivity contribution is -0.121. The molecule has 0 unspecified atom stereocenters. The monoisotopic (exact) mass is 337 g/mol. The topological polar surface area (TPSA) is 38.3 Å². The van der Waals surface area contributed by atoms with E-state index in [4.69, 9.17) is 4.74 Å². The lowest BCUT2D eigenvalue weighted by atomic mass is 10.0. The van der Waals surface area contributed by atoms with Crippen LogP contribution in [-0.4, -0.2) is 12.5 Å². The number of hydrogen-bond acceptors (Lipinski definition) is 2. The quantitative estimate of drug-likeness (QED) is 0.754. The van der Waals surface area contributed by atoms with Crippen LogP contribution >= 0.6 is 0 Å². The Labute approximate surface area is 150 Å². The molecular formula is C22H27NO2. The van der Waals surface area contributed by atoms with Gasteiger partial charge in [-0.1, -0.05) is 35.9 Å². The van der Waals surface area contributed by atoms with Crippen molar-refractivity contribution in [1.29, 1.82) is 0 Å². The molecule has 132 valence electrons. The van der Waals surface area contributed by atoms with Crippen LogP contribution in [0.4, 0.5) is 0 Å². The van der Waals surface area contributed by atoms with Gasteiger partial charge < -0.3 is 10.1 Å². The summed E-state index contributed by atoms with van der Waals surface area (Å²) in [6, 6.07) is 14.7. The number of nitrogens with one attached hydrogen (secondary N) is 1. The van der Waals surface area contributed by atoms with Gasteiger partial charge in [-0.2, -0.15) is 0 Å². The van der Waals surface area contributed by atoms with Crippen LogP contribution in [0.2, 0.25) is 0 Å². The molecule has 0 aliphatic heterocycles. The van der Waals surface area contributed by atoms with Gasteiger partial charge in [-0.05, 0) is 68.4 Å². The van der Waals surface area contributed by atoms with Gasteiger partial charge in [0.1, 0.15) is 5.75 Å². The van der Waals surface area contributed by atoms with E-state index in [2.05, 4.69) is 37.4 Å². The molecule has 0 aromatic heterocycles. The molecule has 1 N–H and O–H groups in total. The molecule has 1 amide bonds. The predicted molar refractivity (Wildman–Crippen MR) is 101 cm³/mol. The molecule has 0 fully saturated rings. The average Bonchev–Trinajstić information content (AvgIpc) is 3.08. The Morgan fingerprint density at radius 1 is 1.12 bits per heavy atom. The Morgan fingerprint density at radius 2 is 1.88 bits per heavy atom. The van der Waals surface area contributed by atoms with Gasteiger partial charge >= 0.3 is 0 Å². The molecule has 25 heavy (non-hydrogen) atoms. The van der Waals surface area contributed by atoms with Gasteiger partial charge in [-0.25, -0.2) is 0 Å². The Hall–Kier alpha value is -2.29. The third-order valence-electron chi connectivity index (χ3n) is 4.84. The first kappa shape index (κ1) is 17.5. The van der Waals surface area contributed by atoms with Gasteiger partial charge in [-0.3, -0.25) is 4.79 Å². The summed E-state index contributed by atoms with van der Waals surface area (Å²) in [5, 5.41) is 3.10. The second kappa shape index (κ2) is 8.19. The number of rotatable bonds is 7. The van der Waals surface area contributed by atoms with E-state index >= 15 is 0 Å². The molecule has 0 radical (unpaired) electrons. The first-order valence-electron chi connectivity index (χ1n) is 9.22. The smallest absolute Gasteiger partial charge is 0.220 e. The predicted octanol–water partition coefficient (Wildman–Crippen LogP) is 4.52. The van der Waals surface area contributed by atoms with Gasteiger partial charge in [0.25, 0.3) is 0 Å². The summed E-state index contributed by atoms with van der Waals surface area (Å²) in [7, 11) is 0. The fourth-order valence-corrected chi connectivity index (χ4v) is 3.32. The molecule has 3 nitrogen and oxygen atoms in total. The van der Waals surface area contributed by atoms with Crippen molar-refractivity contribution >= 4 is 5.91 Å². The van der Waals surface area contributed by atoms with Gasteiger partial charge in [-0.15, -0.1) is 0 Å². The lowest BCUT2D eigenvalue weighted by Gasteiger charge is -2.16. The maximum absolute atomic E-state index is 12.1. The second-order valence-corrected chi connectivity index (χ2v) is 6.94. The van der Waals surface area contributed by atoms with Gasteiger partial charge in [0.2, 0.25) is 5.91 Å². The summed E-state index contributed by atoms with van der Waals surface area (Å²) in [6.07, 6.45) is 4.82. The zero-order valence-electron chi connectivity index (χ0n) is 15.2. The third kappa shape index (κ3) is 4.85. The number of carbonyl (C=O) groups excluding carboxylic acids is 1. The summed E-state index contributed by atoms with van der Waals surface area (Å²) in [6.45, 7) is 4.66. The first-order chi connectivity index (χ1) is 12.1. The third-order valence-corrected chi connectivity index (χ3v) is 4.84. The number of fused-ring (bicyclic) bond motifs is 1. The van der Waals surface area contributed by atoms with Crippen LogP contribution in [-0.2, 0) is 17.6 Å². The molecule has 0 spiro atoms. The number of amides is 1. The van der Waals surface area contributed by atoms with E-state index in [1.165, 1.54) is 41.5 Å². The molecule has 1 aliphatic rings. The van der Waals surface area contributed by atoms with Crippen LogP contribution < -0.4 is 10.1 Å². The molecule has 0 saturated heterocycles. The Balaban J connectivity index is 1.40. The highest BCUT2D eigenvalue weighted by molar-refractivity contribution is 5.76. The Bertz CT molecular complexity index is 721. The van der Waals surface area contributed by atoms with Gasteiger partial charge in [0, 0.05) is 6.42 Å². The number of benzene rings is 2. The molecular weight excluding hydrogens is 310 g/mol. The van der Waals surface area contributed by atoms with E-state index in [0.29, 0.717) is 13.0 Å². The average molecular weight is 337 g/mol. The molecule has 1 aliphatic carbocycles. The number of ether oxygens (including phenoxy) is 1. The summed E-state index contributed by atoms with van der Waals surface area (Å²) < 4.78 is 5.67. The van der Waals surface area contributed by atoms with Crippen molar-refractivity contribution in [2.75, 3.05) is 6.61 Å².